The molecule has 0 unspecified atom stereocenters. The van der Waals surface area contributed by atoms with Crippen LogP contribution in [0.3, 0.4) is 0 Å². The molecule has 2 aromatic rings. The van der Waals surface area contributed by atoms with Crippen molar-refractivity contribution in [2.45, 2.75) is 103 Å². The maximum absolute atomic E-state index is 12.3. The number of unbranched alkanes of at least 4 members (excludes halogenated alkanes) is 12. The number of nitrogens with one attached hydrogen (secondary N) is 1. The van der Waals surface area contributed by atoms with Gasteiger partial charge in [0.2, 0.25) is 0 Å². The standard InChI is InChI=1S/C51H83NO13/c1-2-3-4-5-6-7-8-9-10-11-12-13-14-23-50(53)64-43-42-63-41-40-62-39-38-61-37-36-60-35-34-59-33-32-58-31-30-57-29-28-56-27-26-55-25-24-52-51(54)65-44-49-47-21-17-15-19-45(47)46-20-16-18-22-48(46)49/h15-22,49H,2-14,23-44H2,1H3,(H,52,54). The molecule has 0 spiro atoms. The summed E-state index contributed by atoms with van der Waals surface area (Å²) >= 11 is 0. The molecular formula is C51H83NO13. The van der Waals surface area contributed by atoms with Crippen molar-refractivity contribution in [3.8, 4) is 11.1 Å². The van der Waals surface area contributed by atoms with Crippen molar-refractivity contribution in [1.82, 2.24) is 5.32 Å². The lowest BCUT2D eigenvalue weighted by molar-refractivity contribution is -0.145. The molecule has 1 N–H and O–H groups in total. The molecule has 14 heteroatoms. The minimum Gasteiger partial charge on any atom is -0.463 e. The molecule has 14 nitrogen and oxygen atoms in total. The van der Waals surface area contributed by atoms with Gasteiger partial charge in [0.1, 0.15) is 13.2 Å². The minimum absolute atomic E-state index is 0.0338. The second-order valence-electron chi connectivity index (χ2n) is 16.0. The molecule has 370 valence electrons. The van der Waals surface area contributed by atoms with Gasteiger partial charge in [-0.05, 0) is 28.7 Å². The Morgan fingerprint density at radius 2 is 0.754 bits per heavy atom. The van der Waals surface area contributed by atoms with E-state index < -0.39 is 6.09 Å². The number of esters is 1. The van der Waals surface area contributed by atoms with Crippen LogP contribution in [0.4, 0.5) is 4.79 Å². The van der Waals surface area contributed by atoms with E-state index in [0.29, 0.717) is 132 Å². The molecule has 0 bridgehead atoms. The molecule has 1 amide bonds. The molecule has 3 rings (SSSR count). The predicted molar refractivity (Wildman–Crippen MR) is 252 cm³/mol. The third kappa shape index (κ3) is 29.2. The van der Waals surface area contributed by atoms with Crippen molar-refractivity contribution in [1.29, 1.82) is 0 Å². The second-order valence-corrected chi connectivity index (χ2v) is 16.0. The van der Waals surface area contributed by atoms with Gasteiger partial charge in [-0.25, -0.2) is 4.79 Å². The SMILES string of the molecule is CCCCCCCCCCCCCCCC(=O)OCCOCCOCCOCCOCCOCCOCCOCCOCCOCCNC(=O)OCC1c2ccccc2-c2ccccc21. The molecule has 0 fully saturated rings. The first kappa shape index (κ1) is 56.1. The smallest absolute Gasteiger partial charge is 0.407 e. The van der Waals surface area contributed by atoms with Crippen LogP contribution in [-0.4, -0.2) is 151 Å². The van der Waals surface area contributed by atoms with E-state index in [4.69, 9.17) is 52.1 Å². The van der Waals surface area contributed by atoms with Crippen LogP contribution in [0.25, 0.3) is 11.1 Å². The Bertz CT molecular complexity index is 1390. The Kier molecular flexibility index (Phi) is 35.5. The van der Waals surface area contributed by atoms with E-state index in [2.05, 4.69) is 36.5 Å². The number of ether oxygens (including phenoxy) is 11. The summed E-state index contributed by atoms with van der Waals surface area (Å²) in [6.07, 6.45) is 16.8. The van der Waals surface area contributed by atoms with Gasteiger partial charge in [0, 0.05) is 18.9 Å². The van der Waals surface area contributed by atoms with Crippen LogP contribution >= 0.6 is 0 Å². The Morgan fingerprint density at radius 1 is 0.415 bits per heavy atom. The van der Waals surface area contributed by atoms with Crippen molar-refractivity contribution < 1.29 is 61.7 Å². The van der Waals surface area contributed by atoms with Crippen molar-refractivity contribution in [2.75, 3.05) is 139 Å². The molecule has 0 aliphatic heterocycles. The highest BCUT2D eigenvalue weighted by molar-refractivity contribution is 5.79. The van der Waals surface area contributed by atoms with Crippen LogP contribution in [-0.2, 0) is 56.9 Å². The summed E-state index contributed by atoms with van der Waals surface area (Å²) in [4.78, 5) is 24.2. The molecule has 0 aromatic heterocycles. The average Bonchev–Trinajstić information content (AvgIpc) is 3.64. The summed E-state index contributed by atoms with van der Waals surface area (Å²) < 4.78 is 60.5. The number of benzene rings is 2. The predicted octanol–water partition coefficient (Wildman–Crippen LogP) is 8.70. The zero-order chi connectivity index (χ0) is 45.9. The topological polar surface area (TPSA) is 148 Å². The van der Waals surface area contributed by atoms with E-state index >= 15 is 0 Å². The number of hydrogen-bond acceptors (Lipinski definition) is 13. The van der Waals surface area contributed by atoms with E-state index in [1.807, 2.05) is 24.3 Å². The van der Waals surface area contributed by atoms with E-state index in [-0.39, 0.29) is 25.1 Å². The van der Waals surface area contributed by atoms with E-state index in [9.17, 15) is 9.59 Å². The van der Waals surface area contributed by atoms with Crippen LogP contribution in [0.1, 0.15) is 114 Å². The third-order valence-corrected chi connectivity index (χ3v) is 10.8. The van der Waals surface area contributed by atoms with E-state index in [1.165, 1.54) is 92.9 Å². The Hall–Kier alpha value is -3.18. The van der Waals surface area contributed by atoms with Gasteiger partial charge in [-0.2, -0.15) is 0 Å². The van der Waals surface area contributed by atoms with Gasteiger partial charge in [-0.3, -0.25) is 4.79 Å². The van der Waals surface area contributed by atoms with Crippen LogP contribution in [0.2, 0.25) is 0 Å². The highest BCUT2D eigenvalue weighted by Gasteiger charge is 2.29. The molecule has 65 heavy (non-hydrogen) atoms. The van der Waals surface area contributed by atoms with Crippen LogP contribution < -0.4 is 5.32 Å². The summed E-state index contributed by atoms with van der Waals surface area (Å²) in [7, 11) is 0. The van der Waals surface area contributed by atoms with E-state index in [0.717, 1.165) is 12.8 Å². The molecule has 2 aromatic carbocycles. The number of hydrogen-bond donors (Lipinski definition) is 1. The number of amides is 1. The van der Waals surface area contributed by atoms with Gasteiger partial charge >= 0.3 is 12.1 Å². The molecular weight excluding hydrogens is 835 g/mol. The lowest BCUT2D eigenvalue weighted by Gasteiger charge is -2.14. The quantitative estimate of drug-likeness (QED) is 0.0499. The summed E-state index contributed by atoms with van der Waals surface area (Å²) in [5, 5.41) is 2.75. The maximum atomic E-state index is 12.3. The van der Waals surface area contributed by atoms with E-state index in [1.54, 1.807) is 0 Å². The number of fused-ring (bicyclic) bond motifs is 3. The van der Waals surface area contributed by atoms with Gasteiger partial charge in [0.25, 0.3) is 0 Å². The fourth-order valence-electron chi connectivity index (χ4n) is 7.31. The molecule has 0 saturated heterocycles. The third-order valence-electron chi connectivity index (χ3n) is 10.8. The van der Waals surface area contributed by atoms with Crippen molar-refractivity contribution in [3.05, 3.63) is 59.7 Å². The van der Waals surface area contributed by atoms with Gasteiger partial charge in [0.15, 0.2) is 0 Å². The van der Waals surface area contributed by atoms with Gasteiger partial charge < -0.3 is 57.4 Å². The summed E-state index contributed by atoms with van der Waals surface area (Å²) in [6, 6.07) is 16.5. The normalized spacial score (nSPS) is 12.1. The fourth-order valence-corrected chi connectivity index (χ4v) is 7.31. The lowest BCUT2D eigenvalue weighted by atomic mass is 9.98. The highest BCUT2D eigenvalue weighted by Crippen LogP contribution is 2.44. The molecule has 0 heterocycles. The largest absolute Gasteiger partial charge is 0.463 e. The zero-order valence-electron chi connectivity index (χ0n) is 39.8. The maximum Gasteiger partial charge on any atom is 0.407 e. The number of alkyl carbamates (subject to hydrolysis) is 1. The number of carbonyl (C=O) groups excluding carboxylic acids is 2. The Balaban J connectivity index is 0.916. The summed E-state index contributed by atoms with van der Waals surface area (Å²) in [5.74, 6) is -0.103. The van der Waals surface area contributed by atoms with Gasteiger partial charge in [-0.1, -0.05) is 133 Å². The van der Waals surface area contributed by atoms with Gasteiger partial charge in [0.05, 0.1) is 119 Å². The first-order valence-corrected chi connectivity index (χ1v) is 24.6. The Labute approximate surface area is 390 Å². The van der Waals surface area contributed by atoms with Crippen molar-refractivity contribution in [2.24, 2.45) is 0 Å². The molecule has 1 aliphatic rings. The zero-order valence-corrected chi connectivity index (χ0v) is 39.8. The molecule has 0 saturated carbocycles. The summed E-state index contributed by atoms with van der Waals surface area (Å²) in [6.45, 7) is 11.4. The van der Waals surface area contributed by atoms with Crippen molar-refractivity contribution >= 4 is 12.1 Å². The number of carbonyl (C=O) groups is 2. The minimum atomic E-state index is -0.454. The van der Waals surface area contributed by atoms with Crippen LogP contribution in [0, 0.1) is 0 Å². The first-order chi connectivity index (χ1) is 32.2. The van der Waals surface area contributed by atoms with Crippen molar-refractivity contribution in [3.63, 3.8) is 0 Å². The number of rotatable bonds is 46. The molecule has 0 radical (unpaired) electrons. The molecule has 0 atom stereocenters. The van der Waals surface area contributed by atoms with Crippen LogP contribution in [0.15, 0.2) is 48.5 Å². The van der Waals surface area contributed by atoms with Crippen LogP contribution in [0.5, 0.6) is 0 Å². The van der Waals surface area contributed by atoms with Gasteiger partial charge in [-0.15, -0.1) is 0 Å². The monoisotopic (exact) mass is 918 g/mol. The highest BCUT2D eigenvalue weighted by atomic mass is 16.6. The Morgan fingerprint density at radius 3 is 1.15 bits per heavy atom. The second kappa shape index (κ2) is 41.0. The lowest BCUT2D eigenvalue weighted by Crippen LogP contribution is -2.29. The summed E-state index contributed by atoms with van der Waals surface area (Å²) in [5.41, 5.74) is 4.77. The first-order valence-electron chi connectivity index (χ1n) is 24.6. The average molecular weight is 918 g/mol. The fraction of sp³-hybridized carbons (Fsp3) is 0.725. The molecule has 1 aliphatic carbocycles.